The SMILES string of the molecule is c1ccc(-c2ccc(N(c3ccccc3)c3cccc(-c4ccc5c(c4)c4ccc6c7c8c(cccc8n6-c6ccccc6)c6ccccc6n5c47)c3)cc2)cc1. The summed E-state index contributed by atoms with van der Waals surface area (Å²) in [4.78, 5) is 2.35. The Kier molecular flexibility index (Phi) is 6.93. The second kappa shape index (κ2) is 12.5. The van der Waals surface area contributed by atoms with E-state index in [1.807, 2.05) is 0 Å². The van der Waals surface area contributed by atoms with Crippen LogP contribution in [0.1, 0.15) is 0 Å². The minimum absolute atomic E-state index is 1.11. The van der Waals surface area contributed by atoms with Crippen LogP contribution in [0.15, 0.2) is 212 Å². The fourth-order valence-electron chi connectivity index (χ4n) is 9.34. The lowest BCUT2D eigenvalue weighted by Crippen LogP contribution is -2.09. The van der Waals surface area contributed by atoms with E-state index in [1.165, 1.54) is 87.8 Å². The van der Waals surface area contributed by atoms with Crippen LogP contribution in [0.5, 0.6) is 0 Å². The Morgan fingerprint density at radius 1 is 0.298 bits per heavy atom. The number of hydrogen-bond acceptors (Lipinski definition) is 1. The second-order valence-corrected chi connectivity index (χ2v) is 14.9. The predicted molar refractivity (Wildman–Crippen MR) is 241 cm³/mol. The highest BCUT2D eigenvalue weighted by molar-refractivity contribution is 6.33. The molecular weight excluding hydrogens is 691 g/mol. The van der Waals surface area contributed by atoms with Gasteiger partial charge in [0, 0.05) is 49.7 Å². The Bertz CT molecular complexity index is 3430. The molecule has 0 aliphatic rings. The van der Waals surface area contributed by atoms with Crippen LogP contribution in [0.3, 0.4) is 0 Å². The van der Waals surface area contributed by atoms with Crippen LogP contribution in [0.2, 0.25) is 0 Å². The number of fused-ring (bicyclic) bond motifs is 6. The van der Waals surface area contributed by atoms with E-state index in [0.717, 1.165) is 17.1 Å². The topological polar surface area (TPSA) is 12.6 Å². The Labute approximate surface area is 329 Å². The molecule has 266 valence electrons. The van der Waals surface area contributed by atoms with E-state index in [1.54, 1.807) is 0 Å². The summed E-state index contributed by atoms with van der Waals surface area (Å²) in [5.74, 6) is 0. The maximum Gasteiger partial charge on any atom is 0.0641 e. The molecule has 57 heavy (non-hydrogen) atoms. The van der Waals surface area contributed by atoms with Crippen molar-refractivity contribution in [2.24, 2.45) is 0 Å². The smallest absolute Gasteiger partial charge is 0.0641 e. The maximum absolute atomic E-state index is 2.52. The summed E-state index contributed by atoms with van der Waals surface area (Å²) >= 11 is 0. The standard InChI is InChI=1S/C54H35N3/c1-4-14-36(15-5-1)37-26-29-42(30-27-37)55(40-17-6-2-7-18-40)43-21-12-16-38(34-43)39-28-32-49-47(35-39)46-31-33-51-53-52-45(44-22-10-11-24-48(44)57(49)54(46)53)23-13-25-50(52)56(51)41-19-8-3-9-20-41/h1-35H. The minimum Gasteiger partial charge on any atom is -0.310 e. The van der Waals surface area contributed by atoms with E-state index >= 15 is 0 Å². The van der Waals surface area contributed by atoms with Gasteiger partial charge in [0.15, 0.2) is 0 Å². The first-order valence-electron chi connectivity index (χ1n) is 19.6. The van der Waals surface area contributed by atoms with Gasteiger partial charge in [-0.05, 0) is 107 Å². The lowest BCUT2D eigenvalue weighted by Gasteiger charge is -2.26. The van der Waals surface area contributed by atoms with Crippen molar-refractivity contribution in [2.75, 3.05) is 4.90 Å². The van der Waals surface area contributed by atoms with Gasteiger partial charge in [0.1, 0.15) is 0 Å². The molecule has 3 heteroatoms. The van der Waals surface area contributed by atoms with Gasteiger partial charge in [0.2, 0.25) is 0 Å². The lowest BCUT2D eigenvalue weighted by molar-refractivity contribution is 1.18. The molecule has 0 saturated carbocycles. The zero-order chi connectivity index (χ0) is 37.5. The van der Waals surface area contributed by atoms with Gasteiger partial charge in [-0.15, -0.1) is 0 Å². The number of benzene rings is 9. The van der Waals surface area contributed by atoms with E-state index in [2.05, 4.69) is 226 Å². The van der Waals surface area contributed by atoms with Crippen molar-refractivity contribution < 1.29 is 0 Å². The van der Waals surface area contributed by atoms with Crippen molar-refractivity contribution in [3.8, 4) is 27.9 Å². The van der Waals surface area contributed by atoms with Crippen molar-refractivity contribution in [3.63, 3.8) is 0 Å². The van der Waals surface area contributed by atoms with Crippen molar-refractivity contribution in [3.05, 3.63) is 212 Å². The van der Waals surface area contributed by atoms with Crippen molar-refractivity contribution in [1.29, 1.82) is 0 Å². The normalized spacial score (nSPS) is 11.9. The van der Waals surface area contributed by atoms with E-state index in [0.29, 0.717) is 0 Å². The number of anilines is 3. The average molecular weight is 726 g/mol. The van der Waals surface area contributed by atoms with E-state index < -0.39 is 0 Å². The molecule has 0 aliphatic heterocycles. The van der Waals surface area contributed by atoms with Crippen molar-refractivity contribution >= 4 is 77.0 Å². The van der Waals surface area contributed by atoms with Gasteiger partial charge in [-0.2, -0.15) is 0 Å². The first-order valence-corrected chi connectivity index (χ1v) is 19.6. The molecule has 0 fully saturated rings. The van der Waals surface area contributed by atoms with Crippen LogP contribution in [0.25, 0.3) is 87.8 Å². The van der Waals surface area contributed by atoms with Gasteiger partial charge < -0.3 is 13.9 Å². The number of nitrogens with zero attached hydrogens (tertiary/aromatic N) is 3. The minimum atomic E-state index is 1.11. The van der Waals surface area contributed by atoms with Crippen LogP contribution in [0.4, 0.5) is 17.1 Å². The van der Waals surface area contributed by atoms with Gasteiger partial charge in [-0.3, -0.25) is 0 Å². The summed E-state index contributed by atoms with van der Waals surface area (Å²) in [7, 11) is 0. The first-order chi connectivity index (χ1) is 28.3. The summed E-state index contributed by atoms with van der Waals surface area (Å²) < 4.78 is 4.96. The monoisotopic (exact) mass is 725 g/mol. The maximum atomic E-state index is 2.52. The molecule has 0 atom stereocenters. The highest BCUT2D eigenvalue weighted by atomic mass is 15.1. The van der Waals surface area contributed by atoms with Gasteiger partial charge in [-0.25, -0.2) is 0 Å². The Balaban J connectivity index is 1.07. The van der Waals surface area contributed by atoms with E-state index in [9.17, 15) is 0 Å². The molecule has 3 nitrogen and oxygen atoms in total. The van der Waals surface area contributed by atoms with Crippen LogP contribution >= 0.6 is 0 Å². The molecule has 3 aromatic heterocycles. The molecule has 9 aromatic carbocycles. The number of aromatic nitrogens is 2. The Hall–Kier alpha value is -7.62. The largest absolute Gasteiger partial charge is 0.310 e. The molecule has 0 amide bonds. The third-order valence-electron chi connectivity index (χ3n) is 11.8. The average Bonchev–Trinajstić information content (AvgIpc) is 3.76. The molecule has 12 aromatic rings. The Morgan fingerprint density at radius 2 is 0.842 bits per heavy atom. The third kappa shape index (κ3) is 4.79. The zero-order valence-corrected chi connectivity index (χ0v) is 31.0. The molecule has 3 heterocycles. The van der Waals surface area contributed by atoms with Gasteiger partial charge in [0.05, 0.1) is 27.6 Å². The molecular formula is C54H35N3. The van der Waals surface area contributed by atoms with Crippen LogP contribution in [0, 0.1) is 0 Å². The summed E-state index contributed by atoms with van der Waals surface area (Å²) in [5, 5.41) is 7.65. The number of para-hydroxylation sites is 3. The molecule has 0 aliphatic carbocycles. The quantitative estimate of drug-likeness (QED) is 0.166. The Morgan fingerprint density at radius 3 is 1.67 bits per heavy atom. The number of rotatable bonds is 6. The summed E-state index contributed by atoms with van der Waals surface area (Å²) in [6.45, 7) is 0. The van der Waals surface area contributed by atoms with Crippen molar-refractivity contribution in [2.45, 2.75) is 0 Å². The first kappa shape index (κ1) is 31.7. The number of hydrogen-bond donors (Lipinski definition) is 0. The van der Waals surface area contributed by atoms with Crippen molar-refractivity contribution in [1.82, 2.24) is 8.97 Å². The molecule has 0 N–H and O–H groups in total. The predicted octanol–water partition coefficient (Wildman–Crippen LogP) is 14.7. The molecule has 12 rings (SSSR count). The van der Waals surface area contributed by atoms with E-state index in [-0.39, 0.29) is 0 Å². The molecule has 0 spiro atoms. The van der Waals surface area contributed by atoms with Gasteiger partial charge in [0.25, 0.3) is 0 Å². The summed E-state index contributed by atoms with van der Waals surface area (Å²) in [6, 6.07) is 77.3. The summed E-state index contributed by atoms with van der Waals surface area (Å²) in [5.41, 5.74) is 15.4. The molecule has 0 unspecified atom stereocenters. The zero-order valence-electron chi connectivity index (χ0n) is 31.0. The van der Waals surface area contributed by atoms with Crippen LogP contribution in [-0.2, 0) is 0 Å². The fourth-order valence-corrected chi connectivity index (χ4v) is 9.34. The molecule has 0 radical (unpaired) electrons. The summed E-state index contributed by atoms with van der Waals surface area (Å²) in [6.07, 6.45) is 0. The van der Waals surface area contributed by atoms with Gasteiger partial charge >= 0.3 is 0 Å². The highest BCUT2D eigenvalue weighted by Gasteiger charge is 2.23. The van der Waals surface area contributed by atoms with Crippen LogP contribution in [-0.4, -0.2) is 8.97 Å². The second-order valence-electron chi connectivity index (χ2n) is 14.9. The van der Waals surface area contributed by atoms with E-state index in [4.69, 9.17) is 0 Å². The molecule has 0 saturated heterocycles. The molecule has 0 bridgehead atoms. The lowest BCUT2D eigenvalue weighted by atomic mass is 10.00. The van der Waals surface area contributed by atoms with Crippen LogP contribution < -0.4 is 4.90 Å². The highest BCUT2D eigenvalue weighted by Crippen LogP contribution is 2.46. The third-order valence-corrected chi connectivity index (χ3v) is 11.8. The fraction of sp³-hybridized carbons (Fsp3) is 0. The van der Waals surface area contributed by atoms with Gasteiger partial charge in [-0.1, -0.05) is 133 Å².